The predicted molar refractivity (Wildman–Crippen MR) is 59.7 cm³/mol. The Balaban J connectivity index is 3.95. The maximum atomic E-state index is 11.6. The topological polar surface area (TPSA) is 43.1 Å². The van der Waals surface area contributed by atoms with Gasteiger partial charge >= 0.3 is 0 Å². The number of hydrogen-bond acceptors (Lipinski definition) is 2. The molecule has 0 aromatic carbocycles. The molecule has 14 heavy (non-hydrogen) atoms. The molecule has 0 aliphatic rings. The molecule has 1 atom stereocenters. The zero-order chi connectivity index (χ0) is 11.0. The fourth-order valence-electron chi connectivity index (χ4n) is 1.44. The number of carbonyl (C=O) groups excluding carboxylic acids is 1. The third-order valence-electron chi connectivity index (χ3n) is 2.17. The lowest BCUT2D eigenvalue weighted by atomic mass is 9.91. The second-order valence-corrected chi connectivity index (χ2v) is 3.96. The summed E-state index contributed by atoms with van der Waals surface area (Å²) in [5, 5.41) is 0. The number of nitrogens with two attached hydrogens (primary N) is 1. The molecule has 0 saturated heterocycles. The molecule has 0 heterocycles. The van der Waals surface area contributed by atoms with E-state index in [9.17, 15) is 4.79 Å². The molecule has 0 aliphatic carbocycles. The standard InChI is InChI=1S/C12H21NO/c1-4-5-6-7-12(14)11(9-13)8-10(2)3/h10-11H,6-9,13H2,1-3H3. The molecule has 0 bridgehead atoms. The third kappa shape index (κ3) is 5.77. The second-order valence-electron chi connectivity index (χ2n) is 3.96. The second kappa shape index (κ2) is 7.58. The molecule has 0 aromatic heterocycles. The van der Waals surface area contributed by atoms with E-state index < -0.39 is 0 Å². The summed E-state index contributed by atoms with van der Waals surface area (Å²) in [5.41, 5.74) is 5.57. The lowest BCUT2D eigenvalue weighted by Gasteiger charge is -2.14. The Morgan fingerprint density at radius 2 is 2.07 bits per heavy atom. The highest BCUT2D eigenvalue weighted by atomic mass is 16.1. The number of carbonyl (C=O) groups is 1. The average molecular weight is 195 g/mol. The maximum absolute atomic E-state index is 11.6. The van der Waals surface area contributed by atoms with Crippen molar-refractivity contribution in [1.29, 1.82) is 0 Å². The monoisotopic (exact) mass is 195 g/mol. The SMILES string of the molecule is CC#CCCC(=O)C(CN)CC(C)C. The van der Waals surface area contributed by atoms with Crippen molar-refractivity contribution in [3.05, 3.63) is 0 Å². The van der Waals surface area contributed by atoms with E-state index in [4.69, 9.17) is 5.73 Å². The molecular weight excluding hydrogens is 174 g/mol. The van der Waals surface area contributed by atoms with Crippen LogP contribution in [0.15, 0.2) is 0 Å². The van der Waals surface area contributed by atoms with E-state index in [0.29, 0.717) is 25.3 Å². The third-order valence-corrected chi connectivity index (χ3v) is 2.17. The first-order chi connectivity index (χ1) is 6.61. The van der Waals surface area contributed by atoms with Crippen LogP contribution in [0.3, 0.4) is 0 Å². The van der Waals surface area contributed by atoms with Crippen molar-refractivity contribution in [1.82, 2.24) is 0 Å². The summed E-state index contributed by atoms with van der Waals surface area (Å²) < 4.78 is 0. The van der Waals surface area contributed by atoms with Crippen molar-refractivity contribution in [3.8, 4) is 11.8 Å². The highest BCUT2D eigenvalue weighted by Gasteiger charge is 2.16. The summed E-state index contributed by atoms with van der Waals surface area (Å²) in [7, 11) is 0. The Labute approximate surface area is 87.3 Å². The van der Waals surface area contributed by atoms with E-state index >= 15 is 0 Å². The van der Waals surface area contributed by atoms with Crippen LogP contribution in [0.4, 0.5) is 0 Å². The fourth-order valence-corrected chi connectivity index (χ4v) is 1.44. The molecular formula is C12H21NO. The Kier molecular flexibility index (Phi) is 7.14. The first-order valence-electron chi connectivity index (χ1n) is 5.24. The van der Waals surface area contributed by atoms with Crippen LogP contribution in [0, 0.1) is 23.7 Å². The van der Waals surface area contributed by atoms with Crippen LogP contribution in [0.1, 0.15) is 40.0 Å². The largest absolute Gasteiger partial charge is 0.330 e. The maximum Gasteiger partial charge on any atom is 0.138 e. The van der Waals surface area contributed by atoms with Gasteiger partial charge in [-0.3, -0.25) is 4.79 Å². The molecule has 2 N–H and O–H groups in total. The quantitative estimate of drug-likeness (QED) is 0.658. The van der Waals surface area contributed by atoms with Crippen LogP contribution >= 0.6 is 0 Å². The lowest BCUT2D eigenvalue weighted by Crippen LogP contribution is -2.25. The summed E-state index contributed by atoms with van der Waals surface area (Å²) in [6.45, 7) is 6.49. The molecule has 1 unspecified atom stereocenters. The molecule has 2 heteroatoms. The number of hydrogen-bond donors (Lipinski definition) is 1. The van der Waals surface area contributed by atoms with E-state index in [1.54, 1.807) is 6.92 Å². The summed E-state index contributed by atoms with van der Waals surface area (Å²) in [5.74, 6) is 6.52. The molecule has 0 rings (SSSR count). The Hall–Kier alpha value is -0.810. The molecule has 0 spiro atoms. The van der Waals surface area contributed by atoms with Gasteiger partial charge in [0.1, 0.15) is 5.78 Å². The summed E-state index contributed by atoms with van der Waals surface area (Å²) >= 11 is 0. The van der Waals surface area contributed by atoms with Gasteiger partial charge in [-0.1, -0.05) is 13.8 Å². The molecule has 80 valence electrons. The average Bonchev–Trinajstić information content (AvgIpc) is 2.14. The zero-order valence-electron chi connectivity index (χ0n) is 9.47. The van der Waals surface area contributed by atoms with Crippen molar-refractivity contribution >= 4 is 5.78 Å². The van der Waals surface area contributed by atoms with Crippen LogP contribution in [0.2, 0.25) is 0 Å². The summed E-state index contributed by atoms with van der Waals surface area (Å²) in [4.78, 5) is 11.6. The van der Waals surface area contributed by atoms with Crippen molar-refractivity contribution in [2.45, 2.75) is 40.0 Å². The molecule has 0 aromatic rings. The minimum Gasteiger partial charge on any atom is -0.330 e. The molecule has 0 fully saturated rings. The fraction of sp³-hybridized carbons (Fsp3) is 0.750. The lowest BCUT2D eigenvalue weighted by molar-refractivity contribution is -0.122. The van der Waals surface area contributed by atoms with E-state index in [1.165, 1.54) is 0 Å². The first-order valence-corrected chi connectivity index (χ1v) is 5.24. The zero-order valence-corrected chi connectivity index (χ0v) is 9.47. The minimum absolute atomic E-state index is 0.0358. The molecule has 0 radical (unpaired) electrons. The summed E-state index contributed by atoms with van der Waals surface area (Å²) in [6.07, 6.45) is 2.12. The first kappa shape index (κ1) is 13.2. The number of ketones is 1. The minimum atomic E-state index is 0.0358. The van der Waals surface area contributed by atoms with Gasteiger partial charge in [0, 0.05) is 25.3 Å². The van der Waals surface area contributed by atoms with E-state index in [1.807, 2.05) is 0 Å². The Morgan fingerprint density at radius 3 is 2.50 bits per heavy atom. The van der Waals surface area contributed by atoms with Gasteiger partial charge in [0.15, 0.2) is 0 Å². The van der Waals surface area contributed by atoms with Crippen molar-refractivity contribution in [2.75, 3.05) is 6.54 Å². The van der Waals surface area contributed by atoms with Gasteiger partial charge in [0.05, 0.1) is 0 Å². The molecule has 0 saturated carbocycles. The number of rotatable bonds is 6. The van der Waals surface area contributed by atoms with E-state index in [2.05, 4.69) is 25.7 Å². The van der Waals surface area contributed by atoms with Crippen LogP contribution < -0.4 is 5.73 Å². The van der Waals surface area contributed by atoms with Crippen LogP contribution in [-0.2, 0) is 4.79 Å². The molecule has 0 amide bonds. The van der Waals surface area contributed by atoms with E-state index in [-0.39, 0.29) is 11.7 Å². The van der Waals surface area contributed by atoms with Crippen molar-refractivity contribution < 1.29 is 4.79 Å². The van der Waals surface area contributed by atoms with Crippen molar-refractivity contribution in [2.24, 2.45) is 17.6 Å². The highest BCUT2D eigenvalue weighted by Crippen LogP contribution is 2.13. The van der Waals surface area contributed by atoms with Gasteiger partial charge in [-0.2, -0.15) is 0 Å². The van der Waals surface area contributed by atoms with Gasteiger partial charge in [-0.15, -0.1) is 11.8 Å². The molecule has 0 aliphatic heterocycles. The summed E-state index contributed by atoms with van der Waals surface area (Å²) in [6, 6.07) is 0. The van der Waals surface area contributed by atoms with Crippen LogP contribution in [0.25, 0.3) is 0 Å². The Bertz CT molecular complexity index is 222. The number of Topliss-reactive ketones (excluding diaryl/α,β-unsaturated/α-hetero) is 1. The van der Waals surface area contributed by atoms with E-state index in [0.717, 1.165) is 6.42 Å². The van der Waals surface area contributed by atoms with Crippen molar-refractivity contribution in [3.63, 3.8) is 0 Å². The van der Waals surface area contributed by atoms with Gasteiger partial charge < -0.3 is 5.73 Å². The van der Waals surface area contributed by atoms with Crippen LogP contribution in [-0.4, -0.2) is 12.3 Å². The van der Waals surface area contributed by atoms with Gasteiger partial charge in [0.2, 0.25) is 0 Å². The van der Waals surface area contributed by atoms with Gasteiger partial charge in [0.25, 0.3) is 0 Å². The normalized spacial score (nSPS) is 12.1. The van der Waals surface area contributed by atoms with Crippen LogP contribution in [0.5, 0.6) is 0 Å². The Morgan fingerprint density at radius 1 is 1.43 bits per heavy atom. The highest BCUT2D eigenvalue weighted by molar-refractivity contribution is 5.81. The predicted octanol–water partition coefficient (Wildman–Crippen LogP) is 1.98. The molecule has 2 nitrogen and oxygen atoms in total. The van der Waals surface area contributed by atoms with Gasteiger partial charge in [-0.05, 0) is 19.3 Å². The van der Waals surface area contributed by atoms with Gasteiger partial charge in [-0.25, -0.2) is 0 Å². The smallest absolute Gasteiger partial charge is 0.138 e.